The predicted octanol–water partition coefficient (Wildman–Crippen LogP) is 1.78. The number of hydrogen-bond acceptors (Lipinski definition) is 4. The smallest absolute Gasteiger partial charge is 0.339 e. The molecule has 0 unspecified atom stereocenters. The molecule has 1 aliphatic heterocycles. The summed E-state index contributed by atoms with van der Waals surface area (Å²) >= 11 is 0. The lowest BCUT2D eigenvalue weighted by Crippen LogP contribution is -2.34. The van der Waals surface area contributed by atoms with Crippen molar-refractivity contribution in [1.82, 2.24) is 0 Å². The van der Waals surface area contributed by atoms with Gasteiger partial charge in [0.1, 0.15) is 0 Å². The van der Waals surface area contributed by atoms with Crippen molar-refractivity contribution < 1.29 is 19.1 Å². The third kappa shape index (κ3) is 1.56. The maximum absolute atomic E-state index is 12.8. The van der Waals surface area contributed by atoms with Crippen LogP contribution >= 0.6 is 0 Å². The van der Waals surface area contributed by atoms with Crippen LogP contribution in [-0.2, 0) is 14.3 Å². The van der Waals surface area contributed by atoms with Gasteiger partial charge in [0.25, 0.3) is 0 Å². The van der Waals surface area contributed by atoms with Gasteiger partial charge in [-0.05, 0) is 30.4 Å². The van der Waals surface area contributed by atoms with Gasteiger partial charge in [0.2, 0.25) is 11.8 Å². The van der Waals surface area contributed by atoms with Crippen molar-refractivity contribution in [3.05, 3.63) is 42.0 Å². The van der Waals surface area contributed by atoms with Crippen LogP contribution in [0.1, 0.15) is 16.8 Å². The van der Waals surface area contributed by atoms with Crippen LogP contribution in [-0.4, -0.2) is 24.9 Å². The number of carbonyl (C=O) groups is 3. The topological polar surface area (TPSA) is 63.7 Å². The van der Waals surface area contributed by atoms with Gasteiger partial charge in [-0.25, -0.2) is 9.69 Å². The van der Waals surface area contributed by atoms with Gasteiger partial charge in [0.15, 0.2) is 0 Å². The van der Waals surface area contributed by atoms with Crippen LogP contribution in [0.15, 0.2) is 36.4 Å². The molecule has 1 aromatic rings. The normalized spacial score (nSPS) is 31.8. The van der Waals surface area contributed by atoms with Crippen molar-refractivity contribution in [3.63, 3.8) is 0 Å². The van der Waals surface area contributed by atoms with E-state index in [1.807, 2.05) is 12.2 Å². The van der Waals surface area contributed by atoms with Crippen LogP contribution in [0.5, 0.6) is 0 Å². The van der Waals surface area contributed by atoms with Gasteiger partial charge in [-0.15, -0.1) is 0 Å². The van der Waals surface area contributed by atoms with Crippen LogP contribution in [0.4, 0.5) is 5.69 Å². The minimum absolute atomic E-state index is 0.154. The maximum Gasteiger partial charge on any atom is 0.339 e. The first-order valence-electron chi connectivity index (χ1n) is 7.37. The first kappa shape index (κ1) is 13.2. The number of imide groups is 1. The molecule has 0 N–H and O–H groups in total. The predicted molar refractivity (Wildman–Crippen MR) is 78.0 cm³/mol. The number of rotatable bonds is 2. The summed E-state index contributed by atoms with van der Waals surface area (Å²) in [5, 5.41) is 0. The third-order valence-corrected chi connectivity index (χ3v) is 5.02. The van der Waals surface area contributed by atoms with Crippen molar-refractivity contribution in [2.45, 2.75) is 6.42 Å². The second-order valence-electron chi connectivity index (χ2n) is 6.02. The summed E-state index contributed by atoms with van der Waals surface area (Å²) in [5.74, 6) is -1.16. The number of hydrogen-bond donors (Lipinski definition) is 0. The zero-order valence-electron chi connectivity index (χ0n) is 12.1. The molecule has 1 aromatic carbocycles. The minimum Gasteiger partial charge on any atom is -0.465 e. The molecule has 0 aromatic heterocycles. The lowest BCUT2D eigenvalue weighted by Gasteiger charge is -2.19. The van der Waals surface area contributed by atoms with Gasteiger partial charge in [0.05, 0.1) is 30.2 Å². The Hall–Kier alpha value is -2.43. The van der Waals surface area contributed by atoms with E-state index in [4.69, 9.17) is 4.74 Å². The first-order valence-corrected chi connectivity index (χ1v) is 7.37. The molecule has 4 atom stereocenters. The molecule has 1 saturated heterocycles. The van der Waals surface area contributed by atoms with Crippen LogP contribution in [0.25, 0.3) is 0 Å². The van der Waals surface area contributed by atoms with Crippen molar-refractivity contribution >= 4 is 23.5 Å². The maximum atomic E-state index is 12.8. The van der Waals surface area contributed by atoms with Gasteiger partial charge < -0.3 is 4.74 Å². The average molecular weight is 297 g/mol. The number of esters is 1. The number of anilines is 1. The zero-order chi connectivity index (χ0) is 15.4. The monoisotopic (exact) mass is 297 g/mol. The Morgan fingerprint density at radius 1 is 1.09 bits per heavy atom. The van der Waals surface area contributed by atoms with Gasteiger partial charge in [-0.1, -0.05) is 24.3 Å². The molecule has 2 aliphatic carbocycles. The number of methoxy groups -OCH3 is 1. The van der Waals surface area contributed by atoms with Crippen molar-refractivity contribution in [2.75, 3.05) is 12.0 Å². The molecule has 1 saturated carbocycles. The Morgan fingerprint density at radius 3 is 2.27 bits per heavy atom. The van der Waals surface area contributed by atoms with Crippen LogP contribution in [0.2, 0.25) is 0 Å². The number of amides is 2. The summed E-state index contributed by atoms with van der Waals surface area (Å²) < 4.78 is 4.76. The van der Waals surface area contributed by atoms with E-state index in [0.717, 1.165) is 6.42 Å². The lowest BCUT2D eigenvalue weighted by atomic mass is 9.85. The van der Waals surface area contributed by atoms with Gasteiger partial charge in [-0.3, -0.25) is 9.59 Å². The summed E-state index contributed by atoms with van der Waals surface area (Å²) in [6.45, 7) is 0. The molecule has 5 heteroatoms. The summed E-state index contributed by atoms with van der Waals surface area (Å²) in [7, 11) is 1.28. The standard InChI is InChI=1S/C17H15NO4/c1-22-17(21)11-4-2-3-5-12(11)18-15(19)13-9-6-7-10(8-9)14(13)16(18)20/h2-7,9-10,13-14H,8H2,1H3/t9-,10+,13-,14-/m0/s1. The average Bonchev–Trinajstić information content (AvgIpc) is 3.21. The van der Waals surface area contributed by atoms with E-state index in [9.17, 15) is 14.4 Å². The summed E-state index contributed by atoms with van der Waals surface area (Å²) in [6.07, 6.45) is 4.98. The molecule has 0 radical (unpaired) electrons. The quantitative estimate of drug-likeness (QED) is 0.474. The molecule has 4 rings (SSSR count). The number of fused-ring (bicyclic) bond motifs is 5. The number of benzene rings is 1. The second-order valence-corrected chi connectivity index (χ2v) is 6.02. The molecular weight excluding hydrogens is 282 g/mol. The largest absolute Gasteiger partial charge is 0.465 e. The highest BCUT2D eigenvalue weighted by atomic mass is 16.5. The van der Waals surface area contributed by atoms with E-state index in [1.165, 1.54) is 12.0 Å². The van der Waals surface area contributed by atoms with E-state index >= 15 is 0 Å². The van der Waals surface area contributed by atoms with E-state index in [2.05, 4.69) is 0 Å². The second kappa shape index (κ2) is 4.53. The van der Waals surface area contributed by atoms with Crippen LogP contribution in [0, 0.1) is 23.7 Å². The fourth-order valence-corrected chi connectivity index (χ4v) is 4.09. The van der Waals surface area contributed by atoms with Gasteiger partial charge in [-0.2, -0.15) is 0 Å². The molecule has 2 fully saturated rings. The molecule has 22 heavy (non-hydrogen) atoms. The number of allylic oxidation sites excluding steroid dienone is 2. The molecule has 3 aliphatic rings. The molecule has 112 valence electrons. The number of para-hydroxylation sites is 1. The fraction of sp³-hybridized carbons (Fsp3) is 0.353. The first-order chi connectivity index (χ1) is 10.6. The fourth-order valence-electron chi connectivity index (χ4n) is 4.09. The third-order valence-electron chi connectivity index (χ3n) is 5.02. The van der Waals surface area contributed by atoms with Gasteiger partial charge in [0, 0.05) is 0 Å². The summed E-state index contributed by atoms with van der Waals surface area (Å²) in [4.78, 5) is 38.6. The van der Waals surface area contributed by atoms with E-state index in [1.54, 1.807) is 24.3 Å². The Kier molecular flexibility index (Phi) is 2.73. The Balaban J connectivity index is 1.78. The Bertz CT molecular complexity index is 693. The molecule has 5 nitrogen and oxygen atoms in total. The summed E-state index contributed by atoms with van der Waals surface area (Å²) in [5.41, 5.74) is 0.574. The highest BCUT2D eigenvalue weighted by Gasteiger charge is 2.59. The molecule has 2 amide bonds. The van der Waals surface area contributed by atoms with Crippen molar-refractivity contribution in [2.24, 2.45) is 23.7 Å². The highest BCUT2D eigenvalue weighted by molar-refractivity contribution is 6.24. The minimum atomic E-state index is -0.547. The molecule has 1 heterocycles. The molecular formula is C17H15NO4. The van der Waals surface area contributed by atoms with Crippen LogP contribution < -0.4 is 4.90 Å². The van der Waals surface area contributed by atoms with E-state index in [0.29, 0.717) is 5.69 Å². The highest BCUT2D eigenvalue weighted by Crippen LogP contribution is 2.53. The Morgan fingerprint density at radius 2 is 1.68 bits per heavy atom. The zero-order valence-corrected chi connectivity index (χ0v) is 12.1. The van der Waals surface area contributed by atoms with Crippen LogP contribution in [0.3, 0.4) is 0 Å². The van der Waals surface area contributed by atoms with Gasteiger partial charge >= 0.3 is 5.97 Å². The molecule has 2 bridgehead atoms. The summed E-state index contributed by atoms with van der Waals surface area (Å²) in [6, 6.07) is 6.59. The van der Waals surface area contributed by atoms with E-state index < -0.39 is 5.97 Å². The number of ether oxygens (including phenoxy) is 1. The van der Waals surface area contributed by atoms with Crippen molar-refractivity contribution in [1.29, 1.82) is 0 Å². The Labute approximate surface area is 127 Å². The number of nitrogens with zero attached hydrogens (tertiary/aromatic N) is 1. The van der Waals surface area contributed by atoms with Crippen molar-refractivity contribution in [3.8, 4) is 0 Å². The number of carbonyl (C=O) groups excluding carboxylic acids is 3. The lowest BCUT2D eigenvalue weighted by molar-refractivity contribution is -0.123. The molecule has 0 spiro atoms. The van der Waals surface area contributed by atoms with E-state index in [-0.39, 0.29) is 41.0 Å². The SMILES string of the molecule is COC(=O)c1ccccc1N1C(=O)[C@@H]2[C@@H](C1=O)[C@H]1C=C[C@@H]2C1.